The number of ether oxygens (including phenoxy) is 1. The number of hydrogen-bond acceptors (Lipinski definition) is 4. The van der Waals surface area contributed by atoms with E-state index in [0.29, 0.717) is 11.5 Å². The highest BCUT2D eigenvalue weighted by molar-refractivity contribution is 7.93. The second-order valence-corrected chi connectivity index (χ2v) is 10.9. The molecular weight excluding hydrogens is 468 g/mol. The maximum Gasteiger partial charge on any atom is 0.257 e. The summed E-state index contributed by atoms with van der Waals surface area (Å²) in [6.07, 6.45) is 8.45. The fraction of sp³-hybridized carbons (Fsp3) is 0.233. The van der Waals surface area contributed by atoms with E-state index in [1.807, 2.05) is 24.3 Å². The average Bonchev–Trinajstić information content (AvgIpc) is 3.44. The van der Waals surface area contributed by atoms with Crippen LogP contribution in [0, 0.1) is 0 Å². The van der Waals surface area contributed by atoms with Gasteiger partial charge in [-0.2, -0.15) is 0 Å². The van der Waals surface area contributed by atoms with Crippen molar-refractivity contribution in [1.82, 2.24) is 9.62 Å². The van der Waals surface area contributed by atoms with Crippen molar-refractivity contribution < 1.29 is 13.7 Å². The zero-order valence-electron chi connectivity index (χ0n) is 20.0. The van der Waals surface area contributed by atoms with Gasteiger partial charge in [-0.15, -0.1) is 0 Å². The normalized spacial score (nSPS) is 20.3. The summed E-state index contributed by atoms with van der Waals surface area (Å²) in [5.41, 5.74) is 6.30. The van der Waals surface area contributed by atoms with Crippen LogP contribution < -0.4 is 9.46 Å². The number of hydrogen-bond donors (Lipinski definition) is 1. The Morgan fingerprint density at radius 1 is 0.917 bits per heavy atom. The number of benzene rings is 3. The van der Waals surface area contributed by atoms with Crippen molar-refractivity contribution >= 4 is 27.9 Å². The SMILES string of the molecule is O=C1C=C(c2ccc(OCc3ccc(CN4CCC5(C=Cc6ccccc65)CC4)cc3)cc2)S(=O)N1. The van der Waals surface area contributed by atoms with Crippen LogP contribution in [0.4, 0.5) is 0 Å². The summed E-state index contributed by atoms with van der Waals surface area (Å²) in [4.78, 5) is 14.4. The molecule has 1 N–H and O–H groups in total. The summed E-state index contributed by atoms with van der Waals surface area (Å²) in [6, 6.07) is 24.8. The number of nitrogens with one attached hydrogen (secondary N) is 1. The first-order valence-corrected chi connectivity index (χ1v) is 13.5. The Morgan fingerprint density at radius 2 is 1.64 bits per heavy atom. The van der Waals surface area contributed by atoms with Gasteiger partial charge in [-0.05, 0) is 65.9 Å². The molecule has 3 aliphatic rings. The Kier molecular flexibility index (Phi) is 6.07. The van der Waals surface area contributed by atoms with Gasteiger partial charge in [0.05, 0.1) is 4.91 Å². The molecule has 1 unspecified atom stereocenters. The predicted octanol–water partition coefficient (Wildman–Crippen LogP) is 4.96. The monoisotopic (exact) mass is 496 g/mol. The molecule has 5 nitrogen and oxygen atoms in total. The van der Waals surface area contributed by atoms with Gasteiger partial charge in [-0.3, -0.25) is 14.4 Å². The Labute approximate surface area is 214 Å². The van der Waals surface area contributed by atoms with Gasteiger partial charge < -0.3 is 4.74 Å². The van der Waals surface area contributed by atoms with Gasteiger partial charge in [-0.25, -0.2) is 4.21 Å². The van der Waals surface area contributed by atoms with Crippen molar-refractivity contribution in [2.24, 2.45) is 0 Å². The Balaban J connectivity index is 1.01. The minimum Gasteiger partial charge on any atom is -0.489 e. The second-order valence-electron chi connectivity index (χ2n) is 9.73. The molecule has 1 spiro atoms. The number of amides is 1. The van der Waals surface area contributed by atoms with E-state index >= 15 is 0 Å². The van der Waals surface area contributed by atoms with Crippen LogP contribution >= 0.6 is 0 Å². The summed E-state index contributed by atoms with van der Waals surface area (Å²) < 4.78 is 20.2. The lowest BCUT2D eigenvalue weighted by atomic mass is 9.74. The molecule has 182 valence electrons. The van der Waals surface area contributed by atoms with Gasteiger partial charge in [0, 0.05) is 18.0 Å². The summed E-state index contributed by atoms with van der Waals surface area (Å²) >= 11 is 0. The standard InChI is InChI=1S/C30H28N2O3S/c33-29-19-28(36(34)31-29)25-9-11-26(12-10-25)35-21-23-7-5-22(6-8-23)20-32-17-15-30(16-18-32)14-13-24-3-1-2-4-27(24)30/h1-14,19H,15-18,20-21H2,(H,31,33). The number of carbonyl (C=O) groups excluding carboxylic acids is 1. The van der Waals surface area contributed by atoms with E-state index in [-0.39, 0.29) is 11.3 Å². The smallest absolute Gasteiger partial charge is 0.257 e. The summed E-state index contributed by atoms with van der Waals surface area (Å²) in [5, 5.41) is 0. The first-order valence-electron chi connectivity index (χ1n) is 12.3. The number of nitrogens with zero attached hydrogens (tertiary/aromatic N) is 1. The maximum absolute atomic E-state index is 11.9. The Morgan fingerprint density at radius 3 is 2.36 bits per heavy atom. The largest absolute Gasteiger partial charge is 0.489 e. The zero-order valence-corrected chi connectivity index (χ0v) is 20.8. The lowest BCUT2D eigenvalue weighted by Crippen LogP contribution is -2.40. The quantitative estimate of drug-likeness (QED) is 0.524. The highest BCUT2D eigenvalue weighted by Crippen LogP contribution is 2.43. The van der Waals surface area contributed by atoms with Crippen molar-refractivity contribution in [3.63, 3.8) is 0 Å². The van der Waals surface area contributed by atoms with Crippen LogP contribution in [0.15, 0.2) is 84.9 Å². The van der Waals surface area contributed by atoms with Gasteiger partial charge >= 0.3 is 0 Å². The molecule has 1 atom stereocenters. The van der Waals surface area contributed by atoms with E-state index in [4.69, 9.17) is 4.74 Å². The van der Waals surface area contributed by atoms with E-state index in [9.17, 15) is 9.00 Å². The van der Waals surface area contributed by atoms with Crippen molar-refractivity contribution in [1.29, 1.82) is 0 Å². The predicted molar refractivity (Wildman–Crippen MR) is 143 cm³/mol. The molecule has 1 aliphatic carbocycles. The van der Waals surface area contributed by atoms with Crippen LogP contribution in [-0.4, -0.2) is 28.1 Å². The fourth-order valence-electron chi connectivity index (χ4n) is 5.40. The summed E-state index contributed by atoms with van der Waals surface area (Å²) in [6.45, 7) is 3.66. The van der Waals surface area contributed by atoms with E-state index in [0.717, 1.165) is 36.5 Å². The van der Waals surface area contributed by atoms with E-state index in [1.54, 1.807) is 0 Å². The third-order valence-corrected chi connectivity index (χ3v) is 8.60. The summed E-state index contributed by atoms with van der Waals surface area (Å²) in [7, 11) is -1.48. The third-order valence-electron chi connectivity index (χ3n) is 7.46. The number of likely N-dealkylation sites (tertiary alicyclic amines) is 1. The number of rotatable bonds is 6. The molecule has 2 heterocycles. The molecule has 0 radical (unpaired) electrons. The molecule has 6 heteroatoms. The molecule has 1 fully saturated rings. The second kappa shape index (κ2) is 9.52. The summed E-state index contributed by atoms with van der Waals surface area (Å²) in [5.74, 6) is 0.407. The molecular formula is C30H28N2O3S. The lowest BCUT2D eigenvalue weighted by molar-refractivity contribution is -0.114. The van der Waals surface area contributed by atoms with Crippen molar-refractivity contribution in [3.05, 3.63) is 113 Å². The van der Waals surface area contributed by atoms with Crippen LogP contribution in [0.25, 0.3) is 11.0 Å². The Bertz CT molecular complexity index is 1370. The maximum atomic E-state index is 11.9. The number of carbonyl (C=O) groups is 1. The van der Waals surface area contributed by atoms with Gasteiger partial charge in [0.2, 0.25) is 0 Å². The van der Waals surface area contributed by atoms with Gasteiger partial charge in [0.15, 0.2) is 11.0 Å². The van der Waals surface area contributed by atoms with Crippen LogP contribution in [0.2, 0.25) is 0 Å². The number of allylic oxidation sites excluding steroid dienone is 1. The average molecular weight is 497 g/mol. The van der Waals surface area contributed by atoms with Crippen molar-refractivity contribution in [2.75, 3.05) is 13.1 Å². The Hall–Kier alpha value is -3.48. The number of fused-ring (bicyclic) bond motifs is 2. The molecule has 0 bridgehead atoms. The molecule has 0 saturated carbocycles. The van der Waals surface area contributed by atoms with E-state index in [1.165, 1.54) is 35.6 Å². The van der Waals surface area contributed by atoms with Crippen molar-refractivity contribution in [3.8, 4) is 5.75 Å². The van der Waals surface area contributed by atoms with E-state index in [2.05, 4.69) is 70.3 Å². The van der Waals surface area contributed by atoms with Crippen LogP contribution in [0.5, 0.6) is 5.75 Å². The molecule has 0 aromatic heterocycles. The topological polar surface area (TPSA) is 58.6 Å². The van der Waals surface area contributed by atoms with Gasteiger partial charge in [0.25, 0.3) is 5.91 Å². The van der Waals surface area contributed by atoms with E-state index < -0.39 is 11.0 Å². The van der Waals surface area contributed by atoms with Crippen LogP contribution in [-0.2, 0) is 34.3 Å². The van der Waals surface area contributed by atoms with Gasteiger partial charge in [-0.1, -0.05) is 72.8 Å². The minimum atomic E-state index is -1.48. The van der Waals surface area contributed by atoms with Crippen LogP contribution in [0.1, 0.15) is 40.7 Å². The first kappa shape index (κ1) is 23.0. The van der Waals surface area contributed by atoms with Gasteiger partial charge in [0.1, 0.15) is 12.4 Å². The zero-order chi connectivity index (χ0) is 24.5. The highest BCUT2D eigenvalue weighted by atomic mass is 32.2. The minimum absolute atomic E-state index is 0.228. The highest BCUT2D eigenvalue weighted by Gasteiger charge is 2.37. The molecule has 1 saturated heterocycles. The first-order chi connectivity index (χ1) is 17.6. The number of piperidine rings is 1. The molecule has 36 heavy (non-hydrogen) atoms. The molecule has 3 aromatic carbocycles. The molecule has 3 aromatic rings. The fourth-order valence-corrected chi connectivity index (χ4v) is 6.32. The lowest BCUT2D eigenvalue weighted by Gasteiger charge is -2.39. The molecule has 1 amide bonds. The van der Waals surface area contributed by atoms with Crippen molar-refractivity contribution in [2.45, 2.75) is 31.4 Å². The molecule has 6 rings (SSSR count). The third kappa shape index (κ3) is 4.54. The van der Waals surface area contributed by atoms with Crippen LogP contribution in [0.3, 0.4) is 0 Å². The molecule has 2 aliphatic heterocycles.